The molecule has 0 aliphatic carbocycles. The van der Waals surface area contributed by atoms with Crippen molar-refractivity contribution in [1.82, 2.24) is 4.98 Å². The second-order valence-electron chi connectivity index (χ2n) is 6.84. The lowest BCUT2D eigenvalue weighted by molar-refractivity contribution is -0.115. The van der Waals surface area contributed by atoms with Crippen molar-refractivity contribution >= 4 is 22.4 Å². The molecule has 0 spiro atoms. The Kier molecular flexibility index (Phi) is 5.61. The fourth-order valence-electron chi connectivity index (χ4n) is 3.43. The molecule has 27 heavy (non-hydrogen) atoms. The zero-order valence-corrected chi connectivity index (χ0v) is 17.2. The lowest BCUT2D eigenvalue weighted by Crippen LogP contribution is -2.14. The van der Waals surface area contributed by atoms with Gasteiger partial charge in [0.15, 0.2) is 5.13 Å². The molecule has 1 N–H and O–H groups in total. The minimum Gasteiger partial charge on any atom is -0.496 e. The molecule has 0 saturated heterocycles. The van der Waals surface area contributed by atoms with Crippen LogP contribution in [0.15, 0.2) is 35.7 Å². The van der Waals surface area contributed by atoms with Crippen LogP contribution in [0.1, 0.15) is 27.8 Å². The molecule has 0 aliphatic rings. The first-order valence-electron chi connectivity index (χ1n) is 8.84. The monoisotopic (exact) mass is 380 g/mol. The molecule has 0 radical (unpaired) electrons. The van der Waals surface area contributed by atoms with Gasteiger partial charge in [-0.15, -0.1) is 11.3 Å². The van der Waals surface area contributed by atoms with Gasteiger partial charge in [-0.1, -0.05) is 29.8 Å². The highest BCUT2D eigenvalue weighted by atomic mass is 32.1. The molecule has 5 heteroatoms. The zero-order chi connectivity index (χ0) is 19.6. The molecule has 0 unspecified atom stereocenters. The van der Waals surface area contributed by atoms with Crippen LogP contribution in [0.25, 0.3) is 11.3 Å². The maximum Gasteiger partial charge on any atom is 0.230 e. The molecule has 1 amide bonds. The fourth-order valence-corrected chi connectivity index (χ4v) is 4.15. The van der Waals surface area contributed by atoms with Gasteiger partial charge in [0, 0.05) is 10.9 Å². The molecule has 3 aromatic rings. The van der Waals surface area contributed by atoms with E-state index in [9.17, 15) is 4.79 Å². The van der Waals surface area contributed by atoms with Crippen LogP contribution in [0.5, 0.6) is 5.75 Å². The first-order chi connectivity index (χ1) is 12.9. The minimum absolute atomic E-state index is 0.0715. The summed E-state index contributed by atoms with van der Waals surface area (Å²) < 4.78 is 5.26. The second-order valence-corrected chi connectivity index (χ2v) is 7.70. The van der Waals surface area contributed by atoms with Crippen molar-refractivity contribution in [3.05, 3.63) is 63.5 Å². The number of nitrogens with zero attached hydrogens (tertiary/aromatic N) is 1. The molecule has 0 bridgehead atoms. The number of benzene rings is 2. The van der Waals surface area contributed by atoms with Gasteiger partial charge in [-0.05, 0) is 56.0 Å². The maximum atomic E-state index is 12.4. The normalized spacial score (nSPS) is 10.7. The summed E-state index contributed by atoms with van der Waals surface area (Å²) in [6.45, 7) is 8.26. The molecular weight excluding hydrogens is 356 g/mol. The molecule has 0 atom stereocenters. The number of ether oxygens (including phenoxy) is 1. The number of aryl methyl sites for hydroxylation is 4. The highest BCUT2D eigenvalue weighted by molar-refractivity contribution is 7.14. The third kappa shape index (κ3) is 4.37. The Morgan fingerprint density at radius 3 is 2.41 bits per heavy atom. The number of thiazole rings is 1. The van der Waals surface area contributed by atoms with Gasteiger partial charge in [0.25, 0.3) is 0 Å². The van der Waals surface area contributed by atoms with E-state index in [-0.39, 0.29) is 5.91 Å². The van der Waals surface area contributed by atoms with Crippen LogP contribution in [0.3, 0.4) is 0 Å². The van der Waals surface area contributed by atoms with Crippen LogP contribution in [-0.4, -0.2) is 18.0 Å². The van der Waals surface area contributed by atoms with E-state index < -0.39 is 0 Å². The van der Waals surface area contributed by atoms with Crippen LogP contribution < -0.4 is 10.1 Å². The van der Waals surface area contributed by atoms with Gasteiger partial charge in [0.05, 0.1) is 19.2 Å². The molecule has 0 saturated carbocycles. The Balaban J connectivity index is 1.72. The number of anilines is 1. The summed E-state index contributed by atoms with van der Waals surface area (Å²) in [6.07, 6.45) is 0.308. The van der Waals surface area contributed by atoms with E-state index in [4.69, 9.17) is 4.74 Å². The first kappa shape index (κ1) is 19.1. The van der Waals surface area contributed by atoms with Gasteiger partial charge in [-0.3, -0.25) is 4.79 Å². The topological polar surface area (TPSA) is 51.2 Å². The summed E-state index contributed by atoms with van der Waals surface area (Å²) in [5.41, 5.74) is 7.66. The minimum atomic E-state index is -0.0715. The van der Waals surface area contributed by atoms with E-state index in [1.807, 2.05) is 30.5 Å². The van der Waals surface area contributed by atoms with Crippen molar-refractivity contribution in [1.29, 1.82) is 0 Å². The van der Waals surface area contributed by atoms with E-state index in [0.717, 1.165) is 28.1 Å². The zero-order valence-electron chi connectivity index (χ0n) is 16.3. The van der Waals surface area contributed by atoms with Crippen LogP contribution in [0.2, 0.25) is 0 Å². The lowest BCUT2D eigenvalue weighted by Gasteiger charge is -2.09. The molecule has 140 valence electrons. The number of hydrogen-bond acceptors (Lipinski definition) is 4. The SMILES string of the molecule is COc1ccc(CC(=O)Nc2nc(-c3c(C)cc(C)cc3C)cs2)cc1C. The van der Waals surface area contributed by atoms with Crippen molar-refractivity contribution in [2.45, 2.75) is 34.1 Å². The van der Waals surface area contributed by atoms with E-state index in [1.165, 1.54) is 28.0 Å². The summed E-state index contributed by atoms with van der Waals surface area (Å²) >= 11 is 1.45. The summed E-state index contributed by atoms with van der Waals surface area (Å²) in [5, 5.41) is 5.54. The summed E-state index contributed by atoms with van der Waals surface area (Å²) in [5.74, 6) is 0.755. The Hall–Kier alpha value is -2.66. The Bertz CT molecular complexity index is 969. The van der Waals surface area contributed by atoms with Crippen LogP contribution in [0.4, 0.5) is 5.13 Å². The predicted octanol–water partition coefficient (Wildman–Crippen LogP) is 5.23. The highest BCUT2D eigenvalue weighted by Crippen LogP contribution is 2.31. The Labute approximate surface area is 164 Å². The maximum absolute atomic E-state index is 12.4. The number of amides is 1. The van der Waals surface area contributed by atoms with Crippen molar-refractivity contribution in [2.24, 2.45) is 0 Å². The van der Waals surface area contributed by atoms with Gasteiger partial charge < -0.3 is 10.1 Å². The van der Waals surface area contributed by atoms with E-state index in [1.54, 1.807) is 7.11 Å². The molecule has 2 aromatic carbocycles. The van der Waals surface area contributed by atoms with Crippen LogP contribution >= 0.6 is 11.3 Å². The van der Waals surface area contributed by atoms with Crippen LogP contribution in [0, 0.1) is 27.7 Å². The summed E-state index contributed by atoms with van der Waals surface area (Å²) in [6, 6.07) is 10.1. The van der Waals surface area contributed by atoms with Gasteiger partial charge in [-0.25, -0.2) is 4.98 Å². The predicted molar refractivity (Wildman–Crippen MR) is 112 cm³/mol. The van der Waals surface area contributed by atoms with Gasteiger partial charge in [0.1, 0.15) is 5.75 Å². The number of aromatic nitrogens is 1. The van der Waals surface area contributed by atoms with E-state index in [2.05, 4.69) is 43.2 Å². The molecule has 1 aromatic heterocycles. The highest BCUT2D eigenvalue weighted by Gasteiger charge is 2.13. The number of methoxy groups -OCH3 is 1. The Morgan fingerprint density at radius 2 is 1.78 bits per heavy atom. The third-order valence-electron chi connectivity index (χ3n) is 4.51. The quantitative estimate of drug-likeness (QED) is 0.659. The molecular formula is C22H24N2O2S. The molecule has 0 aliphatic heterocycles. The van der Waals surface area contributed by atoms with E-state index in [0.29, 0.717) is 11.6 Å². The first-order valence-corrected chi connectivity index (χ1v) is 9.72. The van der Waals surface area contributed by atoms with Gasteiger partial charge >= 0.3 is 0 Å². The van der Waals surface area contributed by atoms with Crippen molar-refractivity contribution in [3.8, 4) is 17.0 Å². The van der Waals surface area contributed by atoms with Gasteiger partial charge in [0.2, 0.25) is 5.91 Å². The van der Waals surface area contributed by atoms with Crippen molar-refractivity contribution < 1.29 is 9.53 Å². The smallest absolute Gasteiger partial charge is 0.230 e. The molecule has 3 rings (SSSR count). The number of hydrogen-bond donors (Lipinski definition) is 1. The standard InChI is InChI=1S/C22H24N2O2S/c1-13-8-15(3)21(16(4)9-13)18-12-27-22(23-18)24-20(25)11-17-6-7-19(26-5)14(2)10-17/h6-10,12H,11H2,1-5H3,(H,23,24,25). The van der Waals surface area contributed by atoms with E-state index >= 15 is 0 Å². The molecule has 0 fully saturated rings. The number of carbonyl (C=O) groups is 1. The second kappa shape index (κ2) is 7.92. The number of nitrogens with one attached hydrogen (secondary N) is 1. The number of carbonyl (C=O) groups excluding carboxylic acids is 1. The average Bonchev–Trinajstić information content (AvgIpc) is 3.01. The lowest BCUT2D eigenvalue weighted by atomic mass is 9.98. The fraction of sp³-hybridized carbons (Fsp3) is 0.273. The molecule has 4 nitrogen and oxygen atoms in total. The Morgan fingerprint density at radius 1 is 1.07 bits per heavy atom. The summed E-state index contributed by atoms with van der Waals surface area (Å²) in [4.78, 5) is 17.0. The van der Waals surface area contributed by atoms with Crippen molar-refractivity contribution in [2.75, 3.05) is 12.4 Å². The van der Waals surface area contributed by atoms with Crippen LogP contribution in [-0.2, 0) is 11.2 Å². The van der Waals surface area contributed by atoms with Crippen molar-refractivity contribution in [3.63, 3.8) is 0 Å². The van der Waals surface area contributed by atoms with Gasteiger partial charge in [-0.2, -0.15) is 0 Å². The largest absolute Gasteiger partial charge is 0.496 e. The average molecular weight is 381 g/mol. The third-order valence-corrected chi connectivity index (χ3v) is 5.27. The molecule has 1 heterocycles. The summed E-state index contributed by atoms with van der Waals surface area (Å²) in [7, 11) is 1.65. The number of rotatable bonds is 5.